The fourth-order valence-corrected chi connectivity index (χ4v) is 1.29. The highest BCUT2D eigenvalue weighted by atomic mass is 19.2. The highest BCUT2D eigenvalue weighted by molar-refractivity contribution is 5.81. The number of aliphatic carboxylic acids is 1. The van der Waals surface area contributed by atoms with E-state index in [4.69, 9.17) is 9.84 Å². The Morgan fingerprint density at radius 2 is 1.95 bits per heavy atom. The van der Waals surface area contributed by atoms with Crippen molar-refractivity contribution in [2.45, 2.75) is 20.0 Å². The molecule has 7 heteroatoms. The molecule has 1 aromatic rings. The Bertz CT molecular complexity index is 507. The Morgan fingerprint density at radius 3 is 2.50 bits per heavy atom. The number of rotatable bonds is 6. The van der Waals surface area contributed by atoms with Crippen molar-refractivity contribution in [1.82, 2.24) is 5.32 Å². The highest BCUT2D eigenvalue weighted by Crippen LogP contribution is 2.16. The fraction of sp³-hybridized carbons (Fsp3) is 0.385. The standard InChI is InChI=1S/C13H15F2NO4/c1-7(13(18)19)6-16-12(17)8(2)20-9-3-4-10(14)11(15)5-9/h3-5,7-8H,6H2,1-2H3,(H,16,17)(H,18,19). The average molecular weight is 287 g/mol. The molecule has 2 atom stereocenters. The summed E-state index contributed by atoms with van der Waals surface area (Å²) in [5, 5.41) is 11.1. The molecule has 0 fully saturated rings. The van der Waals surface area contributed by atoms with Gasteiger partial charge in [-0.1, -0.05) is 6.92 Å². The molecule has 1 amide bonds. The van der Waals surface area contributed by atoms with E-state index in [0.717, 1.165) is 12.1 Å². The second-order valence-electron chi connectivity index (χ2n) is 4.32. The number of benzene rings is 1. The minimum Gasteiger partial charge on any atom is -0.481 e. The molecule has 0 aromatic heterocycles. The Labute approximate surface area is 114 Å². The van der Waals surface area contributed by atoms with Gasteiger partial charge in [0.2, 0.25) is 0 Å². The van der Waals surface area contributed by atoms with Crippen LogP contribution in [0.15, 0.2) is 18.2 Å². The zero-order chi connectivity index (χ0) is 15.3. The molecule has 2 N–H and O–H groups in total. The van der Waals surface area contributed by atoms with Gasteiger partial charge in [-0.3, -0.25) is 9.59 Å². The summed E-state index contributed by atoms with van der Waals surface area (Å²) in [7, 11) is 0. The van der Waals surface area contributed by atoms with Crippen molar-refractivity contribution in [3.63, 3.8) is 0 Å². The van der Waals surface area contributed by atoms with Crippen molar-refractivity contribution >= 4 is 11.9 Å². The van der Waals surface area contributed by atoms with Gasteiger partial charge in [0.25, 0.3) is 5.91 Å². The van der Waals surface area contributed by atoms with Gasteiger partial charge in [-0.05, 0) is 19.1 Å². The minimum absolute atomic E-state index is 0.0119. The predicted octanol–water partition coefficient (Wildman–Crippen LogP) is 1.57. The number of carboxylic acids is 1. The second-order valence-corrected chi connectivity index (χ2v) is 4.32. The van der Waals surface area contributed by atoms with Crippen LogP contribution in [0.3, 0.4) is 0 Å². The Kier molecular flexibility index (Phi) is 5.42. The maximum absolute atomic E-state index is 13.0. The molecule has 0 saturated heterocycles. The first kappa shape index (κ1) is 15.9. The first-order chi connectivity index (χ1) is 9.31. The summed E-state index contributed by atoms with van der Waals surface area (Å²) >= 11 is 0. The van der Waals surface area contributed by atoms with Gasteiger partial charge in [-0.15, -0.1) is 0 Å². The third-order valence-corrected chi connectivity index (χ3v) is 2.58. The van der Waals surface area contributed by atoms with Gasteiger partial charge in [0.05, 0.1) is 5.92 Å². The largest absolute Gasteiger partial charge is 0.481 e. The number of hydrogen-bond donors (Lipinski definition) is 2. The third kappa shape index (κ3) is 4.49. The van der Waals surface area contributed by atoms with E-state index in [9.17, 15) is 18.4 Å². The molecule has 1 aromatic carbocycles. The smallest absolute Gasteiger partial charge is 0.308 e. The van der Waals surface area contributed by atoms with E-state index in [1.54, 1.807) is 0 Å². The number of ether oxygens (including phenoxy) is 1. The van der Waals surface area contributed by atoms with E-state index in [1.807, 2.05) is 0 Å². The molecule has 0 saturated carbocycles. The predicted molar refractivity (Wildman–Crippen MR) is 66.3 cm³/mol. The van der Waals surface area contributed by atoms with E-state index in [2.05, 4.69) is 5.32 Å². The lowest BCUT2D eigenvalue weighted by Crippen LogP contribution is -2.39. The molecule has 0 aliphatic carbocycles. The van der Waals surface area contributed by atoms with Crippen LogP contribution in [0.5, 0.6) is 5.75 Å². The van der Waals surface area contributed by atoms with Gasteiger partial charge in [-0.2, -0.15) is 0 Å². The van der Waals surface area contributed by atoms with E-state index in [1.165, 1.54) is 19.9 Å². The molecule has 0 bridgehead atoms. The third-order valence-electron chi connectivity index (χ3n) is 2.58. The normalized spacial score (nSPS) is 13.4. The van der Waals surface area contributed by atoms with Crippen LogP contribution in [0, 0.1) is 17.6 Å². The van der Waals surface area contributed by atoms with Gasteiger partial charge in [0, 0.05) is 12.6 Å². The van der Waals surface area contributed by atoms with Gasteiger partial charge >= 0.3 is 5.97 Å². The average Bonchev–Trinajstić information content (AvgIpc) is 2.39. The Hall–Kier alpha value is -2.18. The molecule has 0 spiro atoms. The number of carboxylic acid groups (broad SMARTS) is 1. The first-order valence-electron chi connectivity index (χ1n) is 5.93. The summed E-state index contributed by atoms with van der Waals surface area (Å²) < 4.78 is 30.8. The summed E-state index contributed by atoms with van der Waals surface area (Å²) in [4.78, 5) is 22.2. The van der Waals surface area contributed by atoms with Crippen LogP contribution in [-0.2, 0) is 9.59 Å². The van der Waals surface area contributed by atoms with Crippen molar-refractivity contribution in [2.75, 3.05) is 6.54 Å². The van der Waals surface area contributed by atoms with Gasteiger partial charge < -0.3 is 15.2 Å². The zero-order valence-corrected chi connectivity index (χ0v) is 11.0. The fourth-order valence-electron chi connectivity index (χ4n) is 1.29. The van der Waals surface area contributed by atoms with Crippen molar-refractivity contribution in [3.05, 3.63) is 29.8 Å². The highest BCUT2D eigenvalue weighted by Gasteiger charge is 2.18. The molecule has 2 unspecified atom stereocenters. The molecule has 20 heavy (non-hydrogen) atoms. The topological polar surface area (TPSA) is 75.6 Å². The van der Waals surface area contributed by atoms with Crippen LogP contribution in [0.2, 0.25) is 0 Å². The minimum atomic E-state index is -1.07. The summed E-state index contributed by atoms with van der Waals surface area (Å²) in [6.45, 7) is 2.82. The summed E-state index contributed by atoms with van der Waals surface area (Å²) in [5.41, 5.74) is 0. The van der Waals surface area contributed by atoms with Crippen LogP contribution in [0.25, 0.3) is 0 Å². The van der Waals surface area contributed by atoms with Crippen LogP contribution < -0.4 is 10.1 Å². The van der Waals surface area contributed by atoms with Gasteiger partial charge in [0.15, 0.2) is 17.7 Å². The molecular weight excluding hydrogens is 272 g/mol. The van der Waals surface area contributed by atoms with Gasteiger partial charge in [0.1, 0.15) is 5.75 Å². The molecule has 110 valence electrons. The lowest BCUT2D eigenvalue weighted by atomic mass is 10.2. The maximum atomic E-state index is 13.0. The Morgan fingerprint density at radius 1 is 1.30 bits per heavy atom. The quantitative estimate of drug-likeness (QED) is 0.832. The van der Waals surface area contributed by atoms with Crippen molar-refractivity contribution < 1.29 is 28.2 Å². The molecular formula is C13H15F2NO4. The molecule has 1 rings (SSSR count). The SMILES string of the molecule is CC(CNC(=O)C(C)Oc1ccc(F)c(F)c1)C(=O)O. The lowest BCUT2D eigenvalue weighted by Gasteiger charge is -2.15. The van der Waals surface area contributed by atoms with Crippen LogP contribution in [-0.4, -0.2) is 29.6 Å². The van der Waals surface area contributed by atoms with Crippen LogP contribution >= 0.6 is 0 Å². The number of nitrogens with one attached hydrogen (secondary N) is 1. The van der Waals surface area contributed by atoms with Crippen molar-refractivity contribution in [3.8, 4) is 5.75 Å². The van der Waals surface area contributed by atoms with E-state index in [0.29, 0.717) is 0 Å². The molecule has 0 aliphatic heterocycles. The summed E-state index contributed by atoms with van der Waals surface area (Å²) in [6, 6.07) is 2.92. The Balaban J connectivity index is 2.53. The monoisotopic (exact) mass is 287 g/mol. The molecule has 0 radical (unpaired) electrons. The van der Waals surface area contributed by atoms with Crippen LogP contribution in [0.4, 0.5) is 8.78 Å². The summed E-state index contributed by atoms with van der Waals surface area (Å²) in [5.74, 6) is -4.37. The number of carbonyl (C=O) groups excluding carboxylic acids is 1. The van der Waals surface area contributed by atoms with Crippen molar-refractivity contribution in [2.24, 2.45) is 5.92 Å². The number of halogens is 2. The summed E-state index contributed by atoms with van der Waals surface area (Å²) in [6.07, 6.45) is -0.958. The molecule has 0 aliphatic rings. The van der Waals surface area contributed by atoms with E-state index >= 15 is 0 Å². The van der Waals surface area contributed by atoms with E-state index in [-0.39, 0.29) is 12.3 Å². The lowest BCUT2D eigenvalue weighted by molar-refractivity contribution is -0.141. The number of amides is 1. The van der Waals surface area contributed by atoms with Gasteiger partial charge in [-0.25, -0.2) is 8.78 Å². The molecule has 5 nitrogen and oxygen atoms in total. The zero-order valence-electron chi connectivity index (χ0n) is 11.0. The first-order valence-corrected chi connectivity index (χ1v) is 5.93. The van der Waals surface area contributed by atoms with E-state index < -0.39 is 35.5 Å². The van der Waals surface area contributed by atoms with Crippen LogP contribution in [0.1, 0.15) is 13.8 Å². The van der Waals surface area contributed by atoms with Crippen molar-refractivity contribution in [1.29, 1.82) is 0 Å². The molecule has 0 heterocycles. The number of carbonyl (C=O) groups is 2. The maximum Gasteiger partial charge on any atom is 0.308 e. The number of hydrogen-bond acceptors (Lipinski definition) is 3. The second kappa shape index (κ2) is 6.83.